The zero-order valence-electron chi connectivity index (χ0n) is 12.8. The lowest BCUT2D eigenvalue weighted by molar-refractivity contribution is 0.204. The van der Waals surface area contributed by atoms with Crippen LogP contribution in [0, 0.1) is 0 Å². The van der Waals surface area contributed by atoms with Gasteiger partial charge in [0.15, 0.2) is 16.6 Å². The topological polar surface area (TPSA) is 64.1 Å². The number of rotatable bonds is 8. The highest BCUT2D eigenvalue weighted by molar-refractivity contribution is 9.10. The lowest BCUT2D eigenvalue weighted by Gasteiger charge is -2.12. The van der Waals surface area contributed by atoms with Crippen LogP contribution in [0.25, 0.3) is 0 Å². The second-order valence-electron chi connectivity index (χ2n) is 4.09. The summed E-state index contributed by atoms with van der Waals surface area (Å²) in [5.74, 6) is 1.31. The molecule has 2 N–H and O–H groups in total. The Morgan fingerprint density at radius 1 is 1.41 bits per heavy atom. The molecule has 0 radical (unpaired) electrons. The summed E-state index contributed by atoms with van der Waals surface area (Å²) >= 11 is 8.53. The minimum absolute atomic E-state index is 0.435. The van der Waals surface area contributed by atoms with Crippen LogP contribution < -0.4 is 20.2 Å². The average Bonchev–Trinajstić information content (AvgIpc) is 2.50. The third kappa shape index (κ3) is 6.17. The maximum atomic E-state index is 5.54. The molecule has 8 heteroatoms. The number of hydrazone groups is 1. The summed E-state index contributed by atoms with van der Waals surface area (Å²) in [5, 5.41) is 7.47. The molecule has 0 spiro atoms. The van der Waals surface area contributed by atoms with Crippen LogP contribution in [0.3, 0.4) is 0 Å². The van der Waals surface area contributed by atoms with E-state index in [2.05, 4.69) is 31.8 Å². The van der Waals surface area contributed by atoms with Crippen LogP contribution >= 0.6 is 28.1 Å². The van der Waals surface area contributed by atoms with Gasteiger partial charge in [-0.05, 0) is 52.8 Å². The van der Waals surface area contributed by atoms with Gasteiger partial charge in [-0.2, -0.15) is 5.10 Å². The Bertz CT molecular complexity index is 526. The number of nitrogens with one attached hydrogen (secondary N) is 2. The van der Waals surface area contributed by atoms with Crippen molar-refractivity contribution in [1.82, 2.24) is 10.7 Å². The van der Waals surface area contributed by atoms with E-state index in [1.54, 1.807) is 20.4 Å². The smallest absolute Gasteiger partial charge is 0.187 e. The molecular weight excluding hydrogens is 370 g/mol. The van der Waals surface area contributed by atoms with Crippen molar-refractivity contribution >= 4 is 39.5 Å². The molecule has 1 rings (SSSR count). The Morgan fingerprint density at radius 3 is 2.82 bits per heavy atom. The van der Waals surface area contributed by atoms with Crippen LogP contribution in [0.5, 0.6) is 11.5 Å². The first kappa shape index (κ1) is 18.7. The largest absolute Gasteiger partial charge is 0.493 e. The van der Waals surface area contributed by atoms with Crippen molar-refractivity contribution in [2.24, 2.45) is 5.10 Å². The summed E-state index contributed by atoms with van der Waals surface area (Å²) in [6.07, 6.45) is 1.65. The monoisotopic (exact) mass is 389 g/mol. The van der Waals surface area contributed by atoms with Gasteiger partial charge in [-0.1, -0.05) is 0 Å². The minimum Gasteiger partial charge on any atom is -0.493 e. The first-order valence-corrected chi connectivity index (χ1v) is 7.88. The Morgan fingerprint density at radius 2 is 2.18 bits per heavy atom. The van der Waals surface area contributed by atoms with E-state index >= 15 is 0 Å². The molecule has 0 fully saturated rings. The van der Waals surface area contributed by atoms with Gasteiger partial charge in [0, 0.05) is 13.7 Å². The molecule has 0 saturated heterocycles. The maximum Gasteiger partial charge on any atom is 0.187 e. The SMILES string of the molecule is CCOc1c(Br)cc(/C=N\NC(=S)NCCOC)cc1OC. The van der Waals surface area contributed by atoms with Crippen LogP contribution in [-0.4, -0.2) is 45.3 Å². The molecule has 22 heavy (non-hydrogen) atoms. The Balaban J connectivity index is 2.67. The van der Waals surface area contributed by atoms with E-state index in [1.807, 2.05) is 19.1 Å². The molecule has 0 aromatic heterocycles. The van der Waals surface area contributed by atoms with Crippen LogP contribution in [0.2, 0.25) is 0 Å². The molecular formula is C14H20BrN3O3S. The van der Waals surface area contributed by atoms with Gasteiger partial charge in [0.2, 0.25) is 0 Å². The fourth-order valence-electron chi connectivity index (χ4n) is 1.57. The van der Waals surface area contributed by atoms with E-state index < -0.39 is 0 Å². The summed E-state index contributed by atoms with van der Waals surface area (Å²) in [6.45, 7) is 3.68. The third-order valence-electron chi connectivity index (χ3n) is 2.51. The molecule has 0 aliphatic heterocycles. The molecule has 0 aliphatic rings. The minimum atomic E-state index is 0.435. The van der Waals surface area contributed by atoms with E-state index in [9.17, 15) is 0 Å². The van der Waals surface area contributed by atoms with Crippen molar-refractivity contribution < 1.29 is 14.2 Å². The van der Waals surface area contributed by atoms with Gasteiger partial charge in [0.1, 0.15) is 0 Å². The predicted octanol–water partition coefficient (Wildman–Crippen LogP) is 2.30. The Hall–Kier alpha value is -1.38. The molecule has 1 aromatic rings. The van der Waals surface area contributed by atoms with Gasteiger partial charge in [-0.25, -0.2) is 0 Å². The number of benzene rings is 1. The van der Waals surface area contributed by atoms with Crippen molar-refractivity contribution in [2.45, 2.75) is 6.92 Å². The molecule has 1 aromatic carbocycles. The molecule has 0 unspecified atom stereocenters. The zero-order valence-corrected chi connectivity index (χ0v) is 15.2. The standard InChI is InChI=1S/C14H20BrN3O3S/c1-4-21-13-11(15)7-10(8-12(13)20-3)9-17-18-14(22)16-5-6-19-2/h7-9H,4-6H2,1-3H3,(H2,16,18,22)/b17-9-. The van der Waals surface area contributed by atoms with E-state index in [1.165, 1.54) is 0 Å². The summed E-state index contributed by atoms with van der Waals surface area (Å²) in [7, 11) is 3.23. The molecule has 0 aliphatic carbocycles. The van der Waals surface area contributed by atoms with Crippen molar-refractivity contribution in [3.8, 4) is 11.5 Å². The predicted molar refractivity (Wildman–Crippen MR) is 95.1 cm³/mol. The van der Waals surface area contributed by atoms with Gasteiger partial charge in [-0.3, -0.25) is 5.43 Å². The maximum absolute atomic E-state index is 5.54. The highest BCUT2D eigenvalue weighted by Gasteiger charge is 2.10. The zero-order chi connectivity index (χ0) is 16.4. The molecule has 122 valence electrons. The number of nitrogens with zero attached hydrogens (tertiary/aromatic N) is 1. The second kappa shape index (κ2) is 10.4. The lowest BCUT2D eigenvalue weighted by Crippen LogP contribution is -2.34. The van der Waals surface area contributed by atoms with Gasteiger partial charge in [0.25, 0.3) is 0 Å². The van der Waals surface area contributed by atoms with Gasteiger partial charge < -0.3 is 19.5 Å². The summed E-state index contributed by atoms with van der Waals surface area (Å²) < 4.78 is 16.6. The van der Waals surface area contributed by atoms with Crippen LogP contribution in [-0.2, 0) is 4.74 Å². The van der Waals surface area contributed by atoms with Crippen LogP contribution in [0.15, 0.2) is 21.7 Å². The number of halogens is 1. The molecule has 0 amide bonds. The molecule has 0 atom stereocenters. The van der Waals surface area contributed by atoms with Crippen LogP contribution in [0.4, 0.5) is 0 Å². The van der Waals surface area contributed by atoms with Crippen molar-refractivity contribution in [1.29, 1.82) is 0 Å². The van der Waals surface area contributed by atoms with Gasteiger partial charge >= 0.3 is 0 Å². The Labute approximate surface area is 144 Å². The van der Waals surface area contributed by atoms with Crippen LogP contribution in [0.1, 0.15) is 12.5 Å². The highest BCUT2D eigenvalue weighted by Crippen LogP contribution is 2.36. The summed E-state index contributed by atoms with van der Waals surface area (Å²) in [5.41, 5.74) is 3.58. The fourth-order valence-corrected chi connectivity index (χ4v) is 2.30. The molecule has 6 nitrogen and oxygen atoms in total. The molecule has 0 bridgehead atoms. The molecule has 0 saturated carbocycles. The first-order valence-electron chi connectivity index (χ1n) is 6.68. The van der Waals surface area contributed by atoms with Crippen molar-refractivity contribution in [3.63, 3.8) is 0 Å². The fraction of sp³-hybridized carbons (Fsp3) is 0.429. The van der Waals surface area contributed by atoms with Crippen molar-refractivity contribution in [3.05, 3.63) is 22.2 Å². The summed E-state index contributed by atoms with van der Waals surface area (Å²) in [6, 6.07) is 3.72. The Kier molecular flexibility index (Phi) is 8.79. The number of thiocarbonyl (C=S) groups is 1. The first-order chi connectivity index (χ1) is 10.6. The summed E-state index contributed by atoms with van der Waals surface area (Å²) in [4.78, 5) is 0. The van der Waals surface area contributed by atoms with E-state index in [-0.39, 0.29) is 0 Å². The second-order valence-corrected chi connectivity index (χ2v) is 5.35. The lowest BCUT2D eigenvalue weighted by atomic mass is 10.2. The molecule has 0 heterocycles. The third-order valence-corrected chi connectivity index (χ3v) is 3.34. The quantitative estimate of drug-likeness (QED) is 0.307. The number of hydrogen-bond acceptors (Lipinski definition) is 5. The van der Waals surface area contributed by atoms with E-state index in [4.69, 9.17) is 26.4 Å². The van der Waals surface area contributed by atoms with E-state index in [0.29, 0.717) is 36.4 Å². The highest BCUT2D eigenvalue weighted by atomic mass is 79.9. The van der Waals surface area contributed by atoms with Gasteiger partial charge in [-0.15, -0.1) is 0 Å². The van der Waals surface area contributed by atoms with Gasteiger partial charge in [0.05, 0.1) is 31.0 Å². The number of hydrogen-bond donors (Lipinski definition) is 2. The number of ether oxygens (including phenoxy) is 3. The number of methoxy groups -OCH3 is 2. The van der Waals surface area contributed by atoms with E-state index in [0.717, 1.165) is 10.0 Å². The normalized spacial score (nSPS) is 10.5. The van der Waals surface area contributed by atoms with Crippen molar-refractivity contribution in [2.75, 3.05) is 34.0 Å². The average molecular weight is 390 g/mol.